The fraction of sp³-hybridized carbons (Fsp3) is 0.476. The van der Waals surface area contributed by atoms with Crippen molar-refractivity contribution >= 4 is 53.0 Å². The SMILES string of the molecule is CCNC(=NCc1ccc(C)s1)NCCC(=O)N1CCN(c2ccccn2)CC1.I. The number of hydrogen-bond donors (Lipinski definition) is 2. The zero-order valence-electron chi connectivity index (χ0n) is 17.6. The van der Waals surface area contributed by atoms with Crippen LogP contribution in [-0.2, 0) is 11.3 Å². The van der Waals surface area contributed by atoms with Gasteiger partial charge in [-0.05, 0) is 38.1 Å². The average Bonchev–Trinajstić information content (AvgIpc) is 3.18. The van der Waals surface area contributed by atoms with E-state index in [1.165, 1.54) is 9.75 Å². The van der Waals surface area contributed by atoms with Gasteiger partial charge in [0, 0.05) is 61.6 Å². The van der Waals surface area contributed by atoms with E-state index in [4.69, 9.17) is 0 Å². The van der Waals surface area contributed by atoms with Crippen LogP contribution < -0.4 is 15.5 Å². The highest BCUT2D eigenvalue weighted by molar-refractivity contribution is 14.0. The van der Waals surface area contributed by atoms with Crippen molar-refractivity contribution in [1.82, 2.24) is 20.5 Å². The summed E-state index contributed by atoms with van der Waals surface area (Å²) in [6, 6.07) is 10.2. The Bertz CT molecular complexity index is 805. The summed E-state index contributed by atoms with van der Waals surface area (Å²) in [5.41, 5.74) is 0. The Balaban J connectivity index is 0.00000320. The van der Waals surface area contributed by atoms with Crippen molar-refractivity contribution in [3.63, 3.8) is 0 Å². The van der Waals surface area contributed by atoms with Gasteiger partial charge in [0.1, 0.15) is 5.82 Å². The number of anilines is 1. The Kier molecular flexibility index (Phi) is 10.4. The third-order valence-corrected chi connectivity index (χ3v) is 5.76. The van der Waals surface area contributed by atoms with Crippen LogP contribution in [0.1, 0.15) is 23.1 Å². The molecule has 0 atom stereocenters. The number of pyridine rings is 1. The second-order valence-electron chi connectivity index (χ2n) is 6.94. The van der Waals surface area contributed by atoms with Crippen molar-refractivity contribution in [1.29, 1.82) is 0 Å². The maximum absolute atomic E-state index is 12.6. The Hall–Kier alpha value is -1.88. The standard InChI is InChI=1S/C21H30N6OS.HI/c1-3-22-21(25-16-18-8-7-17(2)29-18)24-11-9-20(28)27-14-12-26(13-15-27)19-6-4-5-10-23-19;/h4-8,10H,3,9,11-16H2,1-2H3,(H2,22,24,25);1H. The summed E-state index contributed by atoms with van der Waals surface area (Å²) in [6.07, 6.45) is 2.27. The highest BCUT2D eigenvalue weighted by Gasteiger charge is 2.21. The van der Waals surface area contributed by atoms with Gasteiger partial charge in [-0.3, -0.25) is 4.79 Å². The number of rotatable bonds is 7. The first-order valence-electron chi connectivity index (χ1n) is 10.2. The monoisotopic (exact) mass is 542 g/mol. The largest absolute Gasteiger partial charge is 0.357 e. The lowest BCUT2D eigenvalue weighted by molar-refractivity contribution is -0.131. The second-order valence-corrected chi connectivity index (χ2v) is 8.31. The number of nitrogens with zero attached hydrogens (tertiary/aromatic N) is 4. The molecule has 0 radical (unpaired) electrons. The third kappa shape index (κ3) is 7.42. The van der Waals surface area contributed by atoms with Crippen LogP contribution in [0.2, 0.25) is 0 Å². The smallest absolute Gasteiger partial charge is 0.224 e. The van der Waals surface area contributed by atoms with Crippen molar-refractivity contribution in [2.45, 2.75) is 26.8 Å². The molecule has 7 nitrogen and oxygen atoms in total. The molecule has 30 heavy (non-hydrogen) atoms. The highest BCUT2D eigenvalue weighted by Crippen LogP contribution is 2.15. The first kappa shape index (κ1) is 24.4. The Labute approximate surface area is 200 Å². The van der Waals surface area contributed by atoms with Gasteiger partial charge < -0.3 is 20.4 Å². The van der Waals surface area contributed by atoms with E-state index >= 15 is 0 Å². The minimum atomic E-state index is 0. The summed E-state index contributed by atoms with van der Waals surface area (Å²) in [5, 5.41) is 6.52. The van der Waals surface area contributed by atoms with Gasteiger partial charge in [0.25, 0.3) is 0 Å². The number of amides is 1. The van der Waals surface area contributed by atoms with E-state index in [0.29, 0.717) is 19.5 Å². The van der Waals surface area contributed by atoms with Crippen LogP contribution in [0.3, 0.4) is 0 Å². The first-order valence-corrected chi connectivity index (χ1v) is 11.0. The lowest BCUT2D eigenvalue weighted by Gasteiger charge is -2.35. The van der Waals surface area contributed by atoms with Gasteiger partial charge in [0.2, 0.25) is 5.91 Å². The average molecular weight is 542 g/mol. The lowest BCUT2D eigenvalue weighted by Crippen LogP contribution is -2.49. The molecule has 1 amide bonds. The third-order valence-electron chi connectivity index (χ3n) is 4.77. The van der Waals surface area contributed by atoms with Gasteiger partial charge in [-0.15, -0.1) is 35.3 Å². The fourth-order valence-corrected chi connectivity index (χ4v) is 4.06. The van der Waals surface area contributed by atoms with E-state index in [1.54, 1.807) is 11.3 Å². The van der Waals surface area contributed by atoms with Crippen molar-refractivity contribution in [3.8, 4) is 0 Å². The molecular formula is C21H31IN6OS. The van der Waals surface area contributed by atoms with Gasteiger partial charge in [0.15, 0.2) is 5.96 Å². The fourth-order valence-electron chi connectivity index (χ4n) is 3.24. The molecule has 0 unspecified atom stereocenters. The maximum Gasteiger partial charge on any atom is 0.224 e. The Morgan fingerprint density at radius 2 is 1.97 bits per heavy atom. The van der Waals surface area contributed by atoms with E-state index in [9.17, 15) is 4.79 Å². The topological polar surface area (TPSA) is 72.9 Å². The quantitative estimate of drug-likeness (QED) is 0.320. The van der Waals surface area contributed by atoms with Crippen molar-refractivity contribution in [2.75, 3.05) is 44.2 Å². The molecule has 0 aliphatic carbocycles. The number of guanidine groups is 1. The van der Waals surface area contributed by atoms with E-state index < -0.39 is 0 Å². The van der Waals surface area contributed by atoms with E-state index in [-0.39, 0.29) is 29.9 Å². The molecule has 0 spiro atoms. The summed E-state index contributed by atoms with van der Waals surface area (Å²) in [5.74, 6) is 1.92. The molecular weight excluding hydrogens is 511 g/mol. The van der Waals surface area contributed by atoms with Gasteiger partial charge in [-0.25, -0.2) is 9.98 Å². The predicted molar refractivity (Wildman–Crippen MR) is 135 cm³/mol. The molecule has 0 bridgehead atoms. The minimum absolute atomic E-state index is 0. The van der Waals surface area contributed by atoms with Gasteiger partial charge in [-0.2, -0.15) is 0 Å². The molecule has 0 aromatic carbocycles. The van der Waals surface area contributed by atoms with Crippen LogP contribution in [-0.4, -0.2) is 61.0 Å². The zero-order valence-corrected chi connectivity index (χ0v) is 20.8. The summed E-state index contributed by atoms with van der Waals surface area (Å²) in [7, 11) is 0. The van der Waals surface area contributed by atoms with Gasteiger partial charge in [-0.1, -0.05) is 6.07 Å². The molecule has 2 N–H and O–H groups in total. The summed E-state index contributed by atoms with van der Waals surface area (Å²) in [6.45, 7) is 9.27. The van der Waals surface area contributed by atoms with E-state index in [0.717, 1.165) is 44.5 Å². The Morgan fingerprint density at radius 1 is 1.17 bits per heavy atom. The van der Waals surface area contributed by atoms with Crippen LogP contribution in [0.25, 0.3) is 0 Å². The van der Waals surface area contributed by atoms with Crippen molar-refractivity contribution in [3.05, 3.63) is 46.3 Å². The van der Waals surface area contributed by atoms with Crippen LogP contribution in [0.4, 0.5) is 5.82 Å². The molecule has 1 aliphatic heterocycles. The zero-order chi connectivity index (χ0) is 20.5. The normalized spacial score (nSPS) is 14.3. The molecule has 164 valence electrons. The Morgan fingerprint density at radius 3 is 2.60 bits per heavy atom. The van der Waals surface area contributed by atoms with Crippen LogP contribution in [0.15, 0.2) is 41.5 Å². The number of nitrogens with one attached hydrogen (secondary N) is 2. The number of carbonyl (C=O) groups is 1. The molecule has 9 heteroatoms. The molecule has 2 aromatic rings. The van der Waals surface area contributed by atoms with E-state index in [1.807, 2.05) is 36.2 Å². The van der Waals surface area contributed by atoms with Crippen molar-refractivity contribution < 1.29 is 4.79 Å². The van der Waals surface area contributed by atoms with Crippen LogP contribution >= 0.6 is 35.3 Å². The highest BCUT2D eigenvalue weighted by atomic mass is 127. The van der Waals surface area contributed by atoms with Crippen LogP contribution in [0, 0.1) is 6.92 Å². The van der Waals surface area contributed by atoms with Gasteiger partial charge >= 0.3 is 0 Å². The first-order chi connectivity index (χ1) is 14.2. The summed E-state index contributed by atoms with van der Waals surface area (Å²) < 4.78 is 0. The maximum atomic E-state index is 12.6. The summed E-state index contributed by atoms with van der Waals surface area (Å²) in [4.78, 5) is 28.3. The van der Waals surface area contributed by atoms with E-state index in [2.05, 4.69) is 44.6 Å². The molecule has 3 rings (SSSR count). The predicted octanol–water partition coefficient (Wildman–Crippen LogP) is 2.86. The number of aliphatic imine (C=N–C) groups is 1. The number of aromatic nitrogens is 1. The minimum Gasteiger partial charge on any atom is -0.357 e. The summed E-state index contributed by atoms with van der Waals surface area (Å²) >= 11 is 1.76. The van der Waals surface area contributed by atoms with Crippen molar-refractivity contribution in [2.24, 2.45) is 4.99 Å². The molecule has 2 aromatic heterocycles. The second kappa shape index (κ2) is 12.7. The number of carbonyl (C=O) groups excluding carboxylic acids is 1. The number of hydrogen-bond acceptors (Lipinski definition) is 5. The lowest BCUT2D eigenvalue weighted by atomic mass is 10.2. The molecule has 0 saturated carbocycles. The molecule has 1 aliphatic rings. The number of aryl methyl sites for hydroxylation is 1. The molecule has 1 fully saturated rings. The van der Waals surface area contributed by atoms with Gasteiger partial charge in [0.05, 0.1) is 6.54 Å². The van der Waals surface area contributed by atoms with Crippen LogP contribution in [0.5, 0.6) is 0 Å². The molecule has 1 saturated heterocycles. The number of thiophene rings is 1. The number of halogens is 1. The molecule has 3 heterocycles. The number of piperazine rings is 1.